The largest absolute Gasteiger partial charge is 0.444 e. The monoisotopic (exact) mass is 432 g/mol. The van der Waals surface area contributed by atoms with E-state index in [2.05, 4.69) is 20.4 Å². The molecule has 6 nitrogen and oxygen atoms in total. The summed E-state index contributed by atoms with van der Waals surface area (Å²) in [6, 6.07) is 9.03. The molecule has 31 heavy (non-hydrogen) atoms. The molecule has 2 rings (SSSR count). The molecular formula is C25H40N2O4. The number of nitrogens with zero attached hydrogens (tertiary/aromatic N) is 2. The molecule has 0 saturated carbocycles. The maximum atomic E-state index is 13.2. The third-order valence-corrected chi connectivity index (χ3v) is 5.34. The Hall–Kier alpha value is -1.89. The van der Waals surface area contributed by atoms with E-state index in [4.69, 9.17) is 9.47 Å². The predicted molar refractivity (Wildman–Crippen MR) is 123 cm³/mol. The first-order valence-corrected chi connectivity index (χ1v) is 11.1. The Morgan fingerprint density at radius 3 is 2.35 bits per heavy atom. The van der Waals surface area contributed by atoms with Crippen LogP contribution in [0.15, 0.2) is 42.5 Å². The van der Waals surface area contributed by atoms with Crippen molar-refractivity contribution in [3.05, 3.63) is 48.0 Å². The topological polar surface area (TPSA) is 62.2 Å². The Bertz CT molecular complexity index is 755. The van der Waals surface area contributed by atoms with Crippen LogP contribution in [-0.4, -0.2) is 50.8 Å². The minimum absolute atomic E-state index is 0.267. The fourth-order valence-electron chi connectivity index (χ4n) is 4.25. The summed E-state index contributed by atoms with van der Waals surface area (Å²) in [6.07, 6.45) is -0.133. The van der Waals surface area contributed by atoms with Crippen LogP contribution in [0.25, 0.3) is 0 Å². The molecule has 0 spiro atoms. The lowest BCUT2D eigenvalue weighted by atomic mass is 9.91. The molecule has 1 N–H and O–H groups in total. The van der Waals surface area contributed by atoms with Crippen molar-refractivity contribution < 1.29 is 19.5 Å². The summed E-state index contributed by atoms with van der Waals surface area (Å²) in [4.78, 5) is 14.9. The highest BCUT2D eigenvalue weighted by Gasteiger charge is 2.54. The molecule has 0 aromatic heterocycles. The van der Waals surface area contributed by atoms with Crippen molar-refractivity contribution in [2.45, 2.75) is 97.9 Å². The Balaban J connectivity index is 2.39. The van der Waals surface area contributed by atoms with Gasteiger partial charge in [-0.05, 0) is 59.4 Å². The van der Waals surface area contributed by atoms with Crippen molar-refractivity contribution in [3.8, 4) is 0 Å². The first kappa shape index (κ1) is 25.4. The number of hydroxylamine groups is 2. The molecule has 0 aliphatic carbocycles. The Kier molecular flexibility index (Phi) is 7.95. The van der Waals surface area contributed by atoms with Gasteiger partial charge in [0.15, 0.2) is 0 Å². The van der Waals surface area contributed by atoms with Crippen LogP contribution in [0.1, 0.15) is 67.4 Å². The zero-order valence-electron chi connectivity index (χ0n) is 20.4. The molecule has 1 aliphatic rings. The molecule has 1 amide bonds. The van der Waals surface area contributed by atoms with E-state index in [9.17, 15) is 10.0 Å². The first-order valence-electron chi connectivity index (χ1n) is 11.1. The van der Waals surface area contributed by atoms with Gasteiger partial charge in [0, 0.05) is 6.54 Å². The average molecular weight is 433 g/mol. The Labute approximate surface area is 187 Å². The summed E-state index contributed by atoms with van der Waals surface area (Å²) in [7, 11) is 0. The van der Waals surface area contributed by atoms with Gasteiger partial charge in [0.25, 0.3) is 0 Å². The van der Waals surface area contributed by atoms with Gasteiger partial charge in [0.05, 0.1) is 12.1 Å². The van der Waals surface area contributed by atoms with Crippen LogP contribution in [0.3, 0.4) is 0 Å². The van der Waals surface area contributed by atoms with Gasteiger partial charge in [-0.25, -0.2) is 4.79 Å². The summed E-state index contributed by atoms with van der Waals surface area (Å²) in [5.41, 5.74) is 0.267. The number of hydrogen-bond acceptors (Lipinski definition) is 5. The second kappa shape index (κ2) is 9.72. The Morgan fingerprint density at radius 1 is 1.29 bits per heavy atom. The molecule has 1 saturated heterocycles. The average Bonchev–Trinajstić information content (AvgIpc) is 2.83. The zero-order chi connectivity index (χ0) is 23.6. The highest BCUT2D eigenvalue weighted by molar-refractivity contribution is 5.70. The lowest BCUT2D eigenvalue weighted by molar-refractivity contribution is -0.169. The molecule has 1 aromatic rings. The molecule has 1 aliphatic heterocycles. The molecule has 174 valence electrons. The Morgan fingerprint density at radius 2 is 1.87 bits per heavy atom. The number of ether oxygens (including phenoxy) is 2. The highest BCUT2D eigenvalue weighted by atomic mass is 16.6. The number of carbonyl (C=O) groups is 1. The fraction of sp³-hybridized carbons (Fsp3) is 0.640. The molecule has 0 radical (unpaired) electrons. The van der Waals surface area contributed by atoms with E-state index in [0.29, 0.717) is 12.5 Å². The standard InChI is InChI=1S/C25H40N2O4/c1-17(2)15-20-22(30-25(8,9)27(20)23(28)31-24(5,6)7)21(18(3)4)26(29)16-19-13-11-10-12-14-19/h10-14,17,20-22,29H,3,15-16H2,1-2,4-9H3/t20-,21-,22-/m0/s1. The van der Waals surface area contributed by atoms with E-state index in [1.165, 1.54) is 5.06 Å². The van der Waals surface area contributed by atoms with E-state index in [1.807, 2.05) is 71.9 Å². The van der Waals surface area contributed by atoms with Crippen LogP contribution < -0.4 is 0 Å². The van der Waals surface area contributed by atoms with E-state index in [1.54, 1.807) is 4.90 Å². The van der Waals surface area contributed by atoms with Crippen LogP contribution >= 0.6 is 0 Å². The number of hydrogen-bond donors (Lipinski definition) is 1. The fourth-order valence-corrected chi connectivity index (χ4v) is 4.25. The summed E-state index contributed by atoms with van der Waals surface area (Å²) >= 11 is 0. The summed E-state index contributed by atoms with van der Waals surface area (Å²) in [6.45, 7) is 19.9. The molecule has 0 unspecified atom stereocenters. The van der Waals surface area contributed by atoms with Gasteiger partial charge >= 0.3 is 6.09 Å². The second-order valence-electron chi connectivity index (χ2n) is 10.5. The minimum Gasteiger partial charge on any atom is -0.444 e. The number of benzene rings is 1. The number of amides is 1. The quantitative estimate of drug-likeness (QED) is 0.448. The van der Waals surface area contributed by atoms with Crippen LogP contribution in [0.2, 0.25) is 0 Å². The molecule has 1 fully saturated rings. The minimum atomic E-state index is -0.881. The van der Waals surface area contributed by atoms with Gasteiger partial charge in [-0.2, -0.15) is 5.06 Å². The molecular weight excluding hydrogens is 392 g/mol. The van der Waals surface area contributed by atoms with Gasteiger partial charge in [-0.15, -0.1) is 0 Å². The SMILES string of the molecule is C=C(C)[C@@H]([C@H]1OC(C)(C)N(C(=O)OC(C)(C)C)[C@H]1CC(C)C)N(O)Cc1ccccc1. The van der Waals surface area contributed by atoms with Crippen LogP contribution in [0.4, 0.5) is 4.79 Å². The number of rotatable bonds is 7. The van der Waals surface area contributed by atoms with Crippen molar-refractivity contribution in [2.75, 3.05) is 0 Å². The molecule has 0 bridgehead atoms. The highest BCUT2D eigenvalue weighted by Crippen LogP contribution is 2.40. The van der Waals surface area contributed by atoms with Crippen molar-refractivity contribution in [3.63, 3.8) is 0 Å². The lowest BCUT2D eigenvalue weighted by Gasteiger charge is -2.37. The van der Waals surface area contributed by atoms with E-state index in [0.717, 1.165) is 17.6 Å². The summed E-state index contributed by atoms with van der Waals surface area (Å²) in [5.74, 6) is 0.321. The molecule has 3 atom stereocenters. The van der Waals surface area contributed by atoms with Crippen molar-refractivity contribution in [1.82, 2.24) is 9.96 Å². The molecule has 1 heterocycles. The molecule has 1 aromatic carbocycles. The van der Waals surface area contributed by atoms with E-state index in [-0.39, 0.29) is 6.04 Å². The normalized spacial score (nSPS) is 22.1. The maximum absolute atomic E-state index is 13.2. The third-order valence-electron chi connectivity index (χ3n) is 5.34. The van der Waals surface area contributed by atoms with Gasteiger partial charge in [0.1, 0.15) is 17.4 Å². The van der Waals surface area contributed by atoms with Gasteiger partial charge in [-0.1, -0.05) is 56.3 Å². The lowest BCUT2D eigenvalue weighted by Crippen LogP contribution is -2.53. The third kappa shape index (κ3) is 6.55. The van der Waals surface area contributed by atoms with Crippen molar-refractivity contribution in [1.29, 1.82) is 0 Å². The maximum Gasteiger partial charge on any atom is 0.412 e. The zero-order valence-corrected chi connectivity index (χ0v) is 20.4. The molecule has 6 heteroatoms. The van der Waals surface area contributed by atoms with Crippen LogP contribution in [0, 0.1) is 5.92 Å². The van der Waals surface area contributed by atoms with Gasteiger partial charge in [-0.3, -0.25) is 4.90 Å². The summed E-state index contributed by atoms with van der Waals surface area (Å²) < 4.78 is 12.2. The van der Waals surface area contributed by atoms with Crippen LogP contribution in [-0.2, 0) is 16.0 Å². The summed E-state index contributed by atoms with van der Waals surface area (Å²) in [5, 5.41) is 12.4. The van der Waals surface area contributed by atoms with Gasteiger partial charge in [0.2, 0.25) is 0 Å². The van der Waals surface area contributed by atoms with E-state index < -0.39 is 29.6 Å². The predicted octanol–water partition coefficient (Wildman–Crippen LogP) is 5.61. The number of carbonyl (C=O) groups excluding carboxylic acids is 1. The van der Waals surface area contributed by atoms with Gasteiger partial charge < -0.3 is 14.7 Å². The first-order chi connectivity index (χ1) is 14.2. The van der Waals surface area contributed by atoms with Crippen LogP contribution in [0.5, 0.6) is 0 Å². The van der Waals surface area contributed by atoms with Crippen molar-refractivity contribution >= 4 is 6.09 Å². The van der Waals surface area contributed by atoms with E-state index >= 15 is 0 Å². The smallest absolute Gasteiger partial charge is 0.412 e. The second-order valence-corrected chi connectivity index (χ2v) is 10.5. The van der Waals surface area contributed by atoms with Crippen molar-refractivity contribution in [2.24, 2.45) is 5.92 Å².